The Balaban J connectivity index is 2.95. The average Bonchev–Trinajstić information content (AvgIpc) is 2.40. The highest BCUT2D eigenvalue weighted by Gasteiger charge is 2.20. The fraction of sp³-hybridized carbons (Fsp3) is 0.571. The molecule has 0 spiro atoms. The van der Waals surface area contributed by atoms with Gasteiger partial charge in [0.25, 0.3) is 0 Å². The van der Waals surface area contributed by atoms with Gasteiger partial charge in [-0.25, -0.2) is 13.1 Å². The highest BCUT2D eigenvalue weighted by molar-refractivity contribution is 7.89. The number of benzene rings is 1. The first-order chi connectivity index (χ1) is 9.40. The summed E-state index contributed by atoms with van der Waals surface area (Å²) in [5.74, 6) is 0. The van der Waals surface area contributed by atoms with Crippen molar-refractivity contribution in [2.45, 2.75) is 51.1 Å². The first-order valence-electron chi connectivity index (χ1n) is 6.92. The standard InChI is InChI=1S/C14H23ClN2O2S/c1-4-8-16-10-12-6-7-13(15)14(9-12)20(18,19)17-11(3)5-2/h6-7,9,11,16-17H,4-5,8,10H2,1-3H3. The van der Waals surface area contributed by atoms with Gasteiger partial charge in [0.2, 0.25) is 10.0 Å². The molecule has 0 amide bonds. The van der Waals surface area contributed by atoms with E-state index in [0.29, 0.717) is 6.54 Å². The Morgan fingerprint density at radius 3 is 2.60 bits per heavy atom. The van der Waals surface area contributed by atoms with Crippen LogP contribution in [-0.4, -0.2) is 21.0 Å². The van der Waals surface area contributed by atoms with E-state index in [-0.39, 0.29) is 16.0 Å². The van der Waals surface area contributed by atoms with Gasteiger partial charge in [0.15, 0.2) is 0 Å². The van der Waals surface area contributed by atoms with Crippen LogP contribution in [0.3, 0.4) is 0 Å². The number of nitrogens with one attached hydrogen (secondary N) is 2. The molecule has 1 rings (SSSR count). The van der Waals surface area contributed by atoms with Gasteiger partial charge in [0.1, 0.15) is 4.90 Å². The fourth-order valence-corrected chi connectivity index (χ4v) is 3.56. The third-order valence-electron chi connectivity index (χ3n) is 3.01. The summed E-state index contributed by atoms with van der Waals surface area (Å²) in [6, 6.07) is 5.00. The van der Waals surface area contributed by atoms with Crippen LogP contribution in [-0.2, 0) is 16.6 Å². The zero-order valence-corrected chi connectivity index (χ0v) is 13.8. The first-order valence-corrected chi connectivity index (χ1v) is 8.78. The van der Waals surface area contributed by atoms with Crippen molar-refractivity contribution in [3.05, 3.63) is 28.8 Å². The van der Waals surface area contributed by atoms with Crippen molar-refractivity contribution in [2.75, 3.05) is 6.54 Å². The summed E-state index contributed by atoms with van der Waals surface area (Å²) < 4.78 is 27.2. The first kappa shape index (κ1) is 17.4. The van der Waals surface area contributed by atoms with Gasteiger partial charge < -0.3 is 5.32 Å². The van der Waals surface area contributed by atoms with Gasteiger partial charge >= 0.3 is 0 Å². The van der Waals surface area contributed by atoms with Crippen molar-refractivity contribution in [1.29, 1.82) is 0 Å². The molecule has 0 aliphatic heterocycles. The van der Waals surface area contributed by atoms with E-state index in [1.807, 2.05) is 19.9 Å². The van der Waals surface area contributed by atoms with Crippen LogP contribution >= 0.6 is 11.6 Å². The second-order valence-corrected chi connectivity index (χ2v) is 6.96. The number of rotatable bonds is 8. The Kier molecular flexibility index (Phi) is 6.95. The van der Waals surface area contributed by atoms with E-state index in [9.17, 15) is 8.42 Å². The Labute approximate surface area is 127 Å². The van der Waals surface area contributed by atoms with Gasteiger partial charge in [-0.15, -0.1) is 0 Å². The minimum Gasteiger partial charge on any atom is -0.313 e. The average molecular weight is 319 g/mol. The van der Waals surface area contributed by atoms with Crippen molar-refractivity contribution in [3.63, 3.8) is 0 Å². The van der Waals surface area contributed by atoms with Gasteiger partial charge in [-0.3, -0.25) is 0 Å². The summed E-state index contributed by atoms with van der Waals surface area (Å²) in [7, 11) is -3.57. The largest absolute Gasteiger partial charge is 0.313 e. The predicted octanol–water partition coefficient (Wildman–Crippen LogP) is 2.92. The van der Waals surface area contributed by atoms with Crippen molar-refractivity contribution >= 4 is 21.6 Å². The highest BCUT2D eigenvalue weighted by Crippen LogP contribution is 2.23. The van der Waals surface area contributed by atoms with Gasteiger partial charge in [-0.2, -0.15) is 0 Å². The lowest BCUT2D eigenvalue weighted by Gasteiger charge is -2.14. The maximum atomic E-state index is 12.3. The lowest BCUT2D eigenvalue weighted by Crippen LogP contribution is -2.32. The molecule has 0 saturated heterocycles. The molecule has 1 aromatic carbocycles. The molecule has 0 heterocycles. The molecule has 1 atom stereocenters. The van der Waals surface area contributed by atoms with Crippen LogP contribution in [0, 0.1) is 0 Å². The monoisotopic (exact) mass is 318 g/mol. The minimum atomic E-state index is -3.57. The Hall–Kier alpha value is -0.620. The van der Waals surface area contributed by atoms with Gasteiger partial charge in [0.05, 0.1) is 5.02 Å². The lowest BCUT2D eigenvalue weighted by molar-refractivity contribution is 0.555. The van der Waals surface area contributed by atoms with Gasteiger partial charge in [-0.05, 0) is 44.0 Å². The molecule has 1 aromatic rings. The Morgan fingerprint density at radius 2 is 2.00 bits per heavy atom. The SMILES string of the molecule is CCCNCc1ccc(Cl)c(S(=O)(=O)NC(C)CC)c1. The summed E-state index contributed by atoms with van der Waals surface area (Å²) >= 11 is 6.03. The molecule has 0 aromatic heterocycles. The summed E-state index contributed by atoms with van der Waals surface area (Å²) in [5.41, 5.74) is 0.910. The summed E-state index contributed by atoms with van der Waals surface area (Å²) in [4.78, 5) is 0.148. The van der Waals surface area contributed by atoms with E-state index < -0.39 is 10.0 Å². The number of hydrogen-bond acceptors (Lipinski definition) is 3. The van der Waals surface area contributed by atoms with Crippen LogP contribution < -0.4 is 10.0 Å². The third kappa shape index (κ3) is 5.05. The molecule has 6 heteroatoms. The summed E-state index contributed by atoms with van der Waals surface area (Å²) in [6.07, 6.45) is 1.77. The topological polar surface area (TPSA) is 58.2 Å². The van der Waals surface area contributed by atoms with Crippen LogP contribution in [0.1, 0.15) is 39.2 Å². The number of sulfonamides is 1. The van der Waals surface area contributed by atoms with Gasteiger partial charge in [0, 0.05) is 12.6 Å². The molecule has 20 heavy (non-hydrogen) atoms. The molecule has 0 fully saturated rings. The normalized spacial score (nSPS) is 13.4. The van der Waals surface area contributed by atoms with Crippen LogP contribution in [0.25, 0.3) is 0 Å². The Morgan fingerprint density at radius 1 is 1.30 bits per heavy atom. The quantitative estimate of drug-likeness (QED) is 0.725. The molecule has 0 aliphatic rings. The molecular formula is C14H23ClN2O2S. The molecule has 1 unspecified atom stereocenters. The molecule has 2 N–H and O–H groups in total. The van der Waals surface area contributed by atoms with Crippen LogP contribution in [0.5, 0.6) is 0 Å². The maximum Gasteiger partial charge on any atom is 0.242 e. The van der Waals surface area contributed by atoms with Gasteiger partial charge in [-0.1, -0.05) is 31.5 Å². The predicted molar refractivity (Wildman–Crippen MR) is 83.5 cm³/mol. The summed E-state index contributed by atoms with van der Waals surface area (Å²) in [6.45, 7) is 7.38. The molecule has 4 nitrogen and oxygen atoms in total. The molecule has 0 aliphatic carbocycles. The van der Waals surface area contributed by atoms with Crippen molar-refractivity contribution in [2.24, 2.45) is 0 Å². The second kappa shape index (κ2) is 7.98. The van der Waals surface area contributed by atoms with E-state index >= 15 is 0 Å². The van der Waals surface area contributed by atoms with Crippen molar-refractivity contribution < 1.29 is 8.42 Å². The summed E-state index contributed by atoms with van der Waals surface area (Å²) in [5, 5.41) is 3.49. The zero-order chi connectivity index (χ0) is 15.2. The minimum absolute atomic E-state index is 0.113. The fourth-order valence-electron chi connectivity index (χ4n) is 1.68. The highest BCUT2D eigenvalue weighted by atomic mass is 35.5. The molecule has 0 bridgehead atoms. The second-order valence-electron chi connectivity index (χ2n) is 4.87. The third-order valence-corrected chi connectivity index (χ3v) is 5.08. The van der Waals surface area contributed by atoms with Crippen LogP contribution in [0.4, 0.5) is 0 Å². The van der Waals surface area contributed by atoms with E-state index in [1.54, 1.807) is 12.1 Å². The molecule has 0 radical (unpaired) electrons. The van der Waals surface area contributed by atoms with E-state index in [0.717, 1.165) is 24.9 Å². The number of hydrogen-bond donors (Lipinski definition) is 2. The van der Waals surface area contributed by atoms with E-state index in [1.165, 1.54) is 0 Å². The van der Waals surface area contributed by atoms with E-state index in [4.69, 9.17) is 11.6 Å². The lowest BCUT2D eigenvalue weighted by atomic mass is 10.2. The molecule has 114 valence electrons. The Bertz CT molecular complexity index is 532. The van der Waals surface area contributed by atoms with Crippen molar-refractivity contribution in [1.82, 2.24) is 10.0 Å². The van der Waals surface area contributed by atoms with Crippen molar-refractivity contribution in [3.8, 4) is 0 Å². The van der Waals surface area contributed by atoms with Crippen LogP contribution in [0.2, 0.25) is 5.02 Å². The smallest absolute Gasteiger partial charge is 0.242 e. The van der Waals surface area contributed by atoms with Crippen LogP contribution in [0.15, 0.2) is 23.1 Å². The molecule has 0 saturated carbocycles. The number of halogens is 1. The maximum absolute atomic E-state index is 12.3. The van der Waals surface area contributed by atoms with E-state index in [2.05, 4.69) is 17.0 Å². The zero-order valence-electron chi connectivity index (χ0n) is 12.2. The molecular weight excluding hydrogens is 296 g/mol.